The highest BCUT2D eigenvalue weighted by atomic mass is 16.5. The maximum atomic E-state index is 11.8. The zero-order valence-corrected chi connectivity index (χ0v) is 11.0. The summed E-state index contributed by atoms with van der Waals surface area (Å²) in [6.07, 6.45) is -0.405. The molecule has 1 N–H and O–H groups in total. The van der Waals surface area contributed by atoms with Crippen molar-refractivity contribution in [1.29, 1.82) is 0 Å². The Bertz CT molecular complexity index is 425. The summed E-state index contributed by atoms with van der Waals surface area (Å²) in [5.41, 5.74) is 0. The predicted molar refractivity (Wildman–Crippen MR) is 64.9 cm³/mol. The molecule has 6 nitrogen and oxygen atoms in total. The summed E-state index contributed by atoms with van der Waals surface area (Å²) in [7, 11) is 0. The van der Waals surface area contributed by atoms with Gasteiger partial charge in [0.25, 0.3) is 5.91 Å². The smallest absolute Gasteiger partial charge is 0.309 e. The number of amides is 1. The lowest BCUT2D eigenvalue weighted by molar-refractivity contribution is -0.157. The molecule has 0 fully saturated rings. The first-order valence-corrected chi connectivity index (χ1v) is 5.88. The zero-order valence-electron chi connectivity index (χ0n) is 11.0. The van der Waals surface area contributed by atoms with E-state index < -0.39 is 18.0 Å². The van der Waals surface area contributed by atoms with E-state index in [1.54, 1.807) is 33.8 Å². The van der Waals surface area contributed by atoms with Crippen LogP contribution in [0.15, 0.2) is 10.6 Å². The molecule has 100 valence electrons. The number of ether oxygens (including phenoxy) is 1. The Hall–Kier alpha value is -1.85. The van der Waals surface area contributed by atoms with Crippen molar-refractivity contribution in [1.82, 2.24) is 5.16 Å². The maximum absolute atomic E-state index is 11.8. The lowest BCUT2D eigenvalue weighted by Gasteiger charge is -2.16. The monoisotopic (exact) mass is 254 g/mol. The van der Waals surface area contributed by atoms with E-state index in [2.05, 4.69) is 10.5 Å². The second-order valence-electron chi connectivity index (χ2n) is 4.30. The van der Waals surface area contributed by atoms with Gasteiger partial charge >= 0.3 is 5.97 Å². The Kier molecular flexibility index (Phi) is 4.88. The van der Waals surface area contributed by atoms with Gasteiger partial charge < -0.3 is 14.6 Å². The number of aromatic nitrogens is 1. The molecule has 1 rings (SSSR count). The van der Waals surface area contributed by atoms with Crippen molar-refractivity contribution in [2.75, 3.05) is 5.32 Å². The highest BCUT2D eigenvalue weighted by Crippen LogP contribution is 2.10. The number of carbonyl (C=O) groups excluding carboxylic acids is 2. The minimum atomic E-state index is -0.808. The Morgan fingerprint density at radius 1 is 1.50 bits per heavy atom. The topological polar surface area (TPSA) is 81.4 Å². The number of hydrogen-bond acceptors (Lipinski definition) is 5. The standard InChI is InChI=1S/C12H18N2O4/c1-5-9(17-12(16)7(2)3)11(15)13-10-6-8(4)18-14-10/h6-7,9H,5H2,1-4H3,(H,13,14,15). The predicted octanol–water partition coefficient (Wildman–Crippen LogP) is 1.90. The van der Waals surface area contributed by atoms with Gasteiger partial charge in [-0.2, -0.15) is 0 Å². The van der Waals surface area contributed by atoms with Gasteiger partial charge in [-0.05, 0) is 13.3 Å². The average Bonchev–Trinajstić information content (AvgIpc) is 2.70. The van der Waals surface area contributed by atoms with Gasteiger partial charge in [0.05, 0.1) is 5.92 Å². The number of nitrogens with one attached hydrogen (secondary N) is 1. The molecule has 0 saturated heterocycles. The SMILES string of the molecule is CCC(OC(=O)C(C)C)C(=O)Nc1cc(C)on1. The Balaban J connectivity index is 2.59. The molecule has 0 radical (unpaired) electrons. The van der Waals surface area contributed by atoms with Crippen LogP contribution in [0.1, 0.15) is 33.0 Å². The van der Waals surface area contributed by atoms with Crippen LogP contribution in [0.3, 0.4) is 0 Å². The molecule has 0 saturated carbocycles. The molecule has 1 unspecified atom stereocenters. The summed E-state index contributed by atoms with van der Waals surface area (Å²) >= 11 is 0. The lowest BCUT2D eigenvalue weighted by atomic mass is 10.2. The minimum absolute atomic E-state index is 0.263. The third-order valence-electron chi connectivity index (χ3n) is 2.27. The summed E-state index contributed by atoms with van der Waals surface area (Å²) < 4.78 is 9.92. The summed E-state index contributed by atoms with van der Waals surface area (Å²) in [6, 6.07) is 1.59. The summed E-state index contributed by atoms with van der Waals surface area (Å²) in [5.74, 6) is -0.150. The van der Waals surface area contributed by atoms with Crippen LogP contribution in [-0.4, -0.2) is 23.1 Å². The number of rotatable bonds is 5. The van der Waals surface area contributed by atoms with Crippen molar-refractivity contribution >= 4 is 17.7 Å². The fraction of sp³-hybridized carbons (Fsp3) is 0.583. The van der Waals surface area contributed by atoms with Gasteiger partial charge in [0, 0.05) is 6.07 Å². The highest BCUT2D eigenvalue weighted by Gasteiger charge is 2.23. The third-order valence-corrected chi connectivity index (χ3v) is 2.27. The first kappa shape index (κ1) is 14.2. The second kappa shape index (κ2) is 6.18. The molecular weight excluding hydrogens is 236 g/mol. The molecule has 1 aromatic rings. The van der Waals surface area contributed by atoms with Crippen molar-refractivity contribution in [3.8, 4) is 0 Å². The van der Waals surface area contributed by atoms with Gasteiger partial charge in [-0.25, -0.2) is 0 Å². The van der Waals surface area contributed by atoms with Gasteiger partial charge in [0.15, 0.2) is 11.9 Å². The van der Waals surface area contributed by atoms with Crippen LogP contribution in [0.2, 0.25) is 0 Å². The van der Waals surface area contributed by atoms with E-state index in [0.717, 1.165) is 0 Å². The van der Waals surface area contributed by atoms with Crippen LogP contribution in [0.4, 0.5) is 5.82 Å². The Labute approximate surface area is 106 Å². The summed E-state index contributed by atoms with van der Waals surface area (Å²) in [5, 5.41) is 6.18. The van der Waals surface area contributed by atoms with Crippen molar-refractivity contribution < 1.29 is 18.8 Å². The first-order chi connectivity index (χ1) is 8.43. The molecule has 0 aliphatic carbocycles. The van der Waals surface area contributed by atoms with E-state index in [0.29, 0.717) is 18.0 Å². The van der Waals surface area contributed by atoms with Gasteiger partial charge in [-0.3, -0.25) is 9.59 Å². The number of aryl methyl sites for hydroxylation is 1. The molecule has 1 atom stereocenters. The van der Waals surface area contributed by atoms with Crippen molar-refractivity contribution in [2.24, 2.45) is 5.92 Å². The lowest BCUT2D eigenvalue weighted by Crippen LogP contribution is -2.33. The number of esters is 1. The molecule has 6 heteroatoms. The fourth-order valence-electron chi connectivity index (χ4n) is 1.23. The van der Waals surface area contributed by atoms with Gasteiger partial charge in [0.1, 0.15) is 5.76 Å². The van der Waals surface area contributed by atoms with E-state index in [1.807, 2.05) is 0 Å². The van der Waals surface area contributed by atoms with Crippen molar-refractivity contribution in [2.45, 2.75) is 40.2 Å². The molecule has 0 aromatic carbocycles. The van der Waals surface area contributed by atoms with Crippen LogP contribution in [0.25, 0.3) is 0 Å². The van der Waals surface area contributed by atoms with E-state index in [-0.39, 0.29) is 5.92 Å². The molecule has 1 amide bonds. The zero-order chi connectivity index (χ0) is 13.7. The largest absolute Gasteiger partial charge is 0.452 e. The molecule has 0 spiro atoms. The van der Waals surface area contributed by atoms with E-state index in [4.69, 9.17) is 9.26 Å². The number of nitrogens with zero attached hydrogens (tertiary/aromatic N) is 1. The Morgan fingerprint density at radius 3 is 2.61 bits per heavy atom. The normalized spacial score (nSPS) is 12.3. The summed E-state index contributed by atoms with van der Waals surface area (Å²) in [6.45, 7) is 6.92. The minimum Gasteiger partial charge on any atom is -0.452 e. The number of hydrogen-bond donors (Lipinski definition) is 1. The molecule has 1 aromatic heterocycles. The first-order valence-electron chi connectivity index (χ1n) is 5.88. The molecule has 0 aliphatic rings. The van der Waals surface area contributed by atoms with E-state index in [1.165, 1.54) is 0 Å². The third kappa shape index (κ3) is 3.87. The van der Waals surface area contributed by atoms with Crippen LogP contribution < -0.4 is 5.32 Å². The highest BCUT2D eigenvalue weighted by molar-refractivity contribution is 5.94. The quantitative estimate of drug-likeness (QED) is 0.811. The van der Waals surface area contributed by atoms with Gasteiger partial charge in [-0.15, -0.1) is 0 Å². The molecule has 1 heterocycles. The Morgan fingerprint density at radius 2 is 2.17 bits per heavy atom. The maximum Gasteiger partial charge on any atom is 0.309 e. The average molecular weight is 254 g/mol. The molecule has 0 bridgehead atoms. The number of anilines is 1. The van der Waals surface area contributed by atoms with Crippen molar-refractivity contribution in [3.63, 3.8) is 0 Å². The van der Waals surface area contributed by atoms with Gasteiger partial charge in [-0.1, -0.05) is 25.9 Å². The van der Waals surface area contributed by atoms with Crippen LogP contribution in [0.5, 0.6) is 0 Å². The second-order valence-corrected chi connectivity index (χ2v) is 4.30. The summed E-state index contributed by atoms with van der Waals surface area (Å²) in [4.78, 5) is 23.3. The van der Waals surface area contributed by atoms with Gasteiger partial charge in [0.2, 0.25) is 0 Å². The van der Waals surface area contributed by atoms with E-state index >= 15 is 0 Å². The van der Waals surface area contributed by atoms with E-state index in [9.17, 15) is 9.59 Å². The molecular formula is C12H18N2O4. The van der Waals surface area contributed by atoms with Crippen molar-refractivity contribution in [3.05, 3.63) is 11.8 Å². The van der Waals surface area contributed by atoms with Crippen LogP contribution >= 0.6 is 0 Å². The molecule has 0 aliphatic heterocycles. The fourth-order valence-corrected chi connectivity index (χ4v) is 1.23. The van der Waals surface area contributed by atoms with Crippen LogP contribution in [-0.2, 0) is 14.3 Å². The van der Waals surface area contributed by atoms with Crippen LogP contribution in [0, 0.1) is 12.8 Å². The molecule has 18 heavy (non-hydrogen) atoms. The number of carbonyl (C=O) groups is 2.